The molecule has 0 bridgehead atoms. The molecule has 2 rings (SSSR count). The summed E-state index contributed by atoms with van der Waals surface area (Å²) in [7, 11) is 0. The van der Waals surface area contributed by atoms with Crippen LogP contribution in [0.2, 0.25) is 0 Å². The maximum Gasteiger partial charge on any atom is 0.225 e. The predicted octanol–water partition coefficient (Wildman–Crippen LogP) is 0.933. The minimum atomic E-state index is -0.410. The van der Waals surface area contributed by atoms with E-state index in [9.17, 15) is 4.39 Å². The first kappa shape index (κ1) is 10.3. The van der Waals surface area contributed by atoms with Crippen LogP contribution in [0.4, 0.5) is 10.3 Å². The summed E-state index contributed by atoms with van der Waals surface area (Å²) in [4.78, 5) is 9.79. The quantitative estimate of drug-likeness (QED) is 0.806. The molecule has 1 aromatic rings. The largest absolute Gasteiger partial charge is 0.337 e. The van der Waals surface area contributed by atoms with Crippen molar-refractivity contribution in [2.75, 3.05) is 18.0 Å². The van der Waals surface area contributed by atoms with E-state index in [-0.39, 0.29) is 5.54 Å². The lowest BCUT2D eigenvalue weighted by atomic mass is 9.87. The van der Waals surface area contributed by atoms with Gasteiger partial charge in [0.1, 0.15) is 0 Å². The smallest absolute Gasteiger partial charge is 0.225 e. The predicted molar refractivity (Wildman–Crippen MR) is 56.0 cm³/mol. The van der Waals surface area contributed by atoms with Crippen LogP contribution in [0.3, 0.4) is 0 Å². The average Bonchev–Trinajstić information content (AvgIpc) is 2.16. The molecular formula is C10H15FN4. The molecule has 0 saturated carbocycles. The Morgan fingerprint density at radius 3 is 2.60 bits per heavy atom. The van der Waals surface area contributed by atoms with Crippen molar-refractivity contribution in [3.8, 4) is 0 Å². The van der Waals surface area contributed by atoms with Crippen LogP contribution in [0.5, 0.6) is 0 Å². The molecule has 4 nitrogen and oxygen atoms in total. The Labute approximate surface area is 88.3 Å². The minimum Gasteiger partial charge on any atom is -0.337 e. The topological polar surface area (TPSA) is 55.0 Å². The number of nitrogens with two attached hydrogens (primary N) is 1. The Balaban J connectivity index is 1.97. The van der Waals surface area contributed by atoms with Gasteiger partial charge in [0.25, 0.3) is 0 Å². The summed E-state index contributed by atoms with van der Waals surface area (Å²) in [6, 6.07) is 0. The first-order valence-electron chi connectivity index (χ1n) is 5.14. The molecule has 1 aliphatic rings. The first-order chi connectivity index (χ1) is 7.13. The van der Waals surface area contributed by atoms with E-state index in [0.29, 0.717) is 5.95 Å². The maximum atomic E-state index is 12.6. The lowest BCUT2D eigenvalue weighted by Gasteiger charge is -2.47. The molecule has 1 fully saturated rings. The Hall–Kier alpha value is -1.23. The molecule has 0 radical (unpaired) electrons. The molecule has 2 N–H and O–H groups in total. The first-order valence-corrected chi connectivity index (χ1v) is 5.14. The van der Waals surface area contributed by atoms with E-state index in [0.717, 1.165) is 25.9 Å². The van der Waals surface area contributed by atoms with Gasteiger partial charge in [-0.1, -0.05) is 13.3 Å². The van der Waals surface area contributed by atoms with Crippen molar-refractivity contribution in [2.45, 2.75) is 25.3 Å². The lowest BCUT2D eigenvalue weighted by molar-refractivity contribution is 0.303. The summed E-state index contributed by atoms with van der Waals surface area (Å²) in [5, 5.41) is 0. The van der Waals surface area contributed by atoms with Gasteiger partial charge in [-0.25, -0.2) is 14.4 Å². The fourth-order valence-corrected chi connectivity index (χ4v) is 1.98. The fourth-order valence-electron chi connectivity index (χ4n) is 1.98. The van der Waals surface area contributed by atoms with Gasteiger partial charge in [0.2, 0.25) is 5.95 Å². The van der Waals surface area contributed by atoms with Gasteiger partial charge in [-0.3, -0.25) is 0 Å². The number of rotatable bonds is 3. The summed E-state index contributed by atoms with van der Waals surface area (Å²) < 4.78 is 12.6. The van der Waals surface area contributed by atoms with Gasteiger partial charge < -0.3 is 10.6 Å². The van der Waals surface area contributed by atoms with Gasteiger partial charge >= 0.3 is 0 Å². The third-order valence-electron chi connectivity index (χ3n) is 2.65. The summed E-state index contributed by atoms with van der Waals surface area (Å²) in [6.45, 7) is 3.63. The average molecular weight is 210 g/mol. The molecule has 5 heteroatoms. The van der Waals surface area contributed by atoms with Gasteiger partial charge in [0.05, 0.1) is 17.9 Å². The van der Waals surface area contributed by atoms with Crippen LogP contribution in [0.15, 0.2) is 12.4 Å². The van der Waals surface area contributed by atoms with Crippen LogP contribution < -0.4 is 10.6 Å². The maximum absolute atomic E-state index is 12.6. The van der Waals surface area contributed by atoms with Crippen LogP contribution in [0.25, 0.3) is 0 Å². The molecule has 0 atom stereocenters. The number of anilines is 1. The zero-order chi connectivity index (χ0) is 10.9. The Bertz CT molecular complexity index is 332. The number of aromatic nitrogens is 2. The van der Waals surface area contributed by atoms with Crippen LogP contribution in [-0.4, -0.2) is 28.6 Å². The molecule has 0 amide bonds. The standard InChI is InChI=1S/C10H15FN4/c1-2-3-10(12)6-15(7-10)9-13-4-8(11)5-14-9/h4-5H,2-3,6-7,12H2,1H3. The van der Waals surface area contributed by atoms with Crippen molar-refractivity contribution in [3.05, 3.63) is 18.2 Å². The number of halogens is 1. The Kier molecular flexibility index (Phi) is 2.56. The SMILES string of the molecule is CCCC1(N)CN(c2ncc(F)cn2)C1. The van der Waals surface area contributed by atoms with Gasteiger partial charge in [-0.15, -0.1) is 0 Å². The highest BCUT2D eigenvalue weighted by Gasteiger charge is 2.39. The molecule has 0 aliphatic carbocycles. The summed E-state index contributed by atoms with van der Waals surface area (Å²) >= 11 is 0. The van der Waals surface area contributed by atoms with E-state index in [1.165, 1.54) is 12.4 Å². The van der Waals surface area contributed by atoms with E-state index >= 15 is 0 Å². The minimum absolute atomic E-state index is 0.105. The molecule has 1 aromatic heterocycles. The van der Waals surface area contributed by atoms with Crippen molar-refractivity contribution < 1.29 is 4.39 Å². The van der Waals surface area contributed by atoms with Crippen LogP contribution >= 0.6 is 0 Å². The zero-order valence-corrected chi connectivity index (χ0v) is 8.78. The van der Waals surface area contributed by atoms with Gasteiger partial charge in [-0.05, 0) is 6.42 Å². The third kappa shape index (κ3) is 2.07. The van der Waals surface area contributed by atoms with Crippen molar-refractivity contribution in [1.82, 2.24) is 9.97 Å². The van der Waals surface area contributed by atoms with Crippen LogP contribution in [0, 0.1) is 5.82 Å². The van der Waals surface area contributed by atoms with Crippen LogP contribution in [0.1, 0.15) is 19.8 Å². The Morgan fingerprint density at radius 2 is 2.07 bits per heavy atom. The lowest BCUT2D eigenvalue weighted by Crippen LogP contribution is -2.67. The molecule has 0 spiro atoms. The molecule has 1 saturated heterocycles. The molecule has 82 valence electrons. The third-order valence-corrected chi connectivity index (χ3v) is 2.65. The van der Waals surface area contributed by atoms with Gasteiger partial charge in [0.15, 0.2) is 5.82 Å². The molecule has 15 heavy (non-hydrogen) atoms. The van der Waals surface area contributed by atoms with E-state index in [1.54, 1.807) is 0 Å². The number of hydrogen-bond acceptors (Lipinski definition) is 4. The summed E-state index contributed by atoms with van der Waals surface area (Å²) in [5.74, 6) is 0.153. The van der Waals surface area contributed by atoms with Crippen molar-refractivity contribution in [1.29, 1.82) is 0 Å². The number of nitrogens with zero attached hydrogens (tertiary/aromatic N) is 3. The van der Waals surface area contributed by atoms with E-state index < -0.39 is 5.82 Å². The zero-order valence-electron chi connectivity index (χ0n) is 8.78. The monoisotopic (exact) mass is 210 g/mol. The van der Waals surface area contributed by atoms with Crippen molar-refractivity contribution in [2.24, 2.45) is 5.73 Å². The molecule has 1 aliphatic heterocycles. The van der Waals surface area contributed by atoms with Gasteiger partial charge in [-0.2, -0.15) is 0 Å². The van der Waals surface area contributed by atoms with Crippen LogP contribution in [-0.2, 0) is 0 Å². The van der Waals surface area contributed by atoms with Crippen molar-refractivity contribution in [3.63, 3.8) is 0 Å². The fraction of sp³-hybridized carbons (Fsp3) is 0.600. The molecule has 0 unspecified atom stereocenters. The van der Waals surface area contributed by atoms with E-state index in [1.807, 2.05) is 4.90 Å². The second kappa shape index (κ2) is 3.73. The highest BCUT2D eigenvalue weighted by Crippen LogP contribution is 2.26. The molecule has 2 heterocycles. The number of hydrogen-bond donors (Lipinski definition) is 1. The van der Waals surface area contributed by atoms with Gasteiger partial charge in [0, 0.05) is 13.1 Å². The Morgan fingerprint density at radius 1 is 1.47 bits per heavy atom. The van der Waals surface area contributed by atoms with E-state index in [4.69, 9.17) is 5.73 Å². The molecular weight excluding hydrogens is 195 g/mol. The van der Waals surface area contributed by atoms with Crippen molar-refractivity contribution >= 4 is 5.95 Å². The second-order valence-electron chi connectivity index (χ2n) is 4.17. The highest BCUT2D eigenvalue weighted by molar-refractivity contribution is 5.37. The highest BCUT2D eigenvalue weighted by atomic mass is 19.1. The second-order valence-corrected chi connectivity index (χ2v) is 4.17. The summed E-state index contributed by atoms with van der Waals surface area (Å²) in [6.07, 6.45) is 4.44. The molecule has 0 aromatic carbocycles. The normalized spacial score (nSPS) is 18.7. The summed E-state index contributed by atoms with van der Waals surface area (Å²) in [5.41, 5.74) is 6.00. The van der Waals surface area contributed by atoms with E-state index in [2.05, 4.69) is 16.9 Å².